The van der Waals surface area contributed by atoms with Gasteiger partial charge in [0.15, 0.2) is 0 Å². The van der Waals surface area contributed by atoms with E-state index in [-0.39, 0.29) is 0 Å². The van der Waals surface area contributed by atoms with E-state index >= 15 is 0 Å². The predicted molar refractivity (Wildman–Crippen MR) is 164 cm³/mol. The SMILES string of the molecule is CC1=C(C)C(C)[C]([Ti]([NH]C2CCCCCCCCCC2)[SiH](C)C)=C1C.c1ccc(-c2ccccc2)cc1. The van der Waals surface area contributed by atoms with Crippen LogP contribution < -0.4 is 3.80 Å². The third kappa shape index (κ3) is 9.20. The summed E-state index contributed by atoms with van der Waals surface area (Å²) in [6.45, 7) is 14.2. The van der Waals surface area contributed by atoms with E-state index in [1.165, 1.54) is 75.3 Å². The van der Waals surface area contributed by atoms with Crippen LogP contribution in [-0.2, 0) is 17.4 Å². The van der Waals surface area contributed by atoms with Crippen molar-refractivity contribution in [2.24, 2.45) is 5.92 Å². The minimum Gasteiger partial charge on any atom is -0.0622 e. The molecule has 1 fully saturated rings. The van der Waals surface area contributed by atoms with Gasteiger partial charge in [0.25, 0.3) is 0 Å². The zero-order chi connectivity index (χ0) is 26.6. The number of hydrogen-bond acceptors (Lipinski definition) is 1. The van der Waals surface area contributed by atoms with E-state index in [9.17, 15) is 0 Å². The Labute approximate surface area is 236 Å². The van der Waals surface area contributed by atoms with Crippen molar-refractivity contribution in [1.82, 2.24) is 3.80 Å². The molecule has 1 N–H and O–H groups in total. The van der Waals surface area contributed by atoms with Crippen LogP contribution in [0.15, 0.2) is 81.3 Å². The maximum Gasteiger partial charge on any atom is -0.0184 e. The van der Waals surface area contributed by atoms with Gasteiger partial charge in [0.2, 0.25) is 0 Å². The summed E-state index contributed by atoms with van der Waals surface area (Å²) >= 11 is -1.30. The van der Waals surface area contributed by atoms with Crippen molar-refractivity contribution in [2.75, 3.05) is 0 Å². The van der Waals surface area contributed by atoms with Crippen LogP contribution in [0.2, 0.25) is 13.1 Å². The fraction of sp³-hybridized carbons (Fsp3) is 0.529. The van der Waals surface area contributed by atoms with Crippen molar-refractivity contribution < 1.29 is 17.4 Å². The Morgan fingerprint density at radius 1 is 0.649 bits per heavy atom. The van der Waals surface area contributed by atoms with Gasteiger partial charge in [0.05, 0.1) is 0 Å². The largest absolute Gasteiger partial charge is 0.0622 e. The second-order valence-corrected chi connectivity index (χ2v) is 24.3. The quantitative estimate of drug-likeness (QED) is 0.365. The Hall–Kier alpha value is -1.19. The van der Waals surface area contributed by atoms with Crippen molar-refractivity contribution in [2.45, 2.75) is 111 Å². The first kappa shape index (κ1) is 30.4. The Morgan fingerprint density at radius 2 is 1.08 bits per heavy atom. The van der Waals surface area contributed by atoms with E-state index in [1.807, 2.05) is 16.0 Å². The normalized spacial score (nSPS) is 19.9. The molecule has 2 aromatic rings. The molecule has 0 aliphatic heterocycles. The minimum absolute atomic E-state index is 0.625. The molecule has 1 atom stereocenters. The molecule has 2 aliphatic rings. The molecule has 0 aromatic heterocycles. The maximum atomic E-state index is 4.38. The number of nitrogens with one attached hydrogen (secondary N) is 1. The van der Waals surface area contributed by atoms with Crippen molar-refractivity contribution in [3.05, 3.63) is 81.3 Å². The van der Waals surface area contributed by atoms with Gasteiger partial charge >= 0.3 is 165 Å². The second kappa shape index (κ2) is 16.0. The van der Waals surface area contributed by atoms with E-state index in [2.05, 4.69) is 93.1 Å². The third-order valence-corrected chi connectivity index (χ3v) is 20.4. The molecule has 1 unspecified atom stereocenters. The van der Waals surface area contributed by atoms with Crippen LogP contribution in [0.25, 0.3) is 11.1 Å². The second-order valence-electron chi connectivity index (χ2n) is 11.6. The molecule has 4 rings (SSSR count). The van der Waals surface area contributed by atoms with Crippen molar-refractivity contribution in [3.63, 3.8) is 0 Å². The van der Waals surface area contributed by atoms with Crippen LogP contribution in [0.4, 0.5) is 0 Å². The molecule has 2 aromatic carbocycles. The molecule has 0 heterocycles. The van der Waals surface area contributed by atoms with Gasteiger partial charge in [-0.3, -0.25) is 0 Å². The van der Waals surface area contributed by atoms with Crippen LogP contribution in [-0.4, -0.2) is 12.7 Å². The maximum absolute atomic E-state index is 4.38. The third-order valence-electron chi connectivity index (χ3n) is 8.60. The van der Waals surface area contributed by atoms with Gasteiger partial charge in [0.1, 0.15) is 0 Å². The molecule has 0 spiro atoms. The molecular formula is C34H52NSiTi. The molecule has 1 saturated carbocycles. The molecule has 0 bridgehead atoms. The Morgan fingerprint density at radius 3 is 1.46 bits per heavy atom. The van der Waals surface area contributed by atoms with Crippen molar-refractivity contribution >= 4 is 6.66 Å². The van der Waals surface area contributed by atoms with Gasteiger partial charge in [-0.05, 0) is 11.1 Å². The summed E-state index contributed by atoms with van der Waals surface area (Å²) in [6.07, 6.45) is 14.6. The smallest absolute Gasteiger partial charge is 0.0184 e. The summed E-state index contributed by atoms with van der Waals surface area (Å²) in [6, 6.07) is 21.6. The summed E-state index contributed by atoms with van der Waals surface area (Å²) in [4.78, 5) is 0. The average Bonchev–Trinajstić information content (AvgIpc) is 3.08. The number of hydrogen-bond donors (Lipinski definition) is 1. The summed E-state index contributed by atoms with van der Waals surface area (Å²) in [5.41, 5.74) is 7.48. The summed E-state index contributed by atoms with van der Waals surface area (Å²) < 4.78 is 6.29. The Kier molecular flexibility index (Phi) is 13.2. The van der Waals surface area contributed by atoms with Gasteiger partial charge in [-0.2, -0.15) is 0 Å². The van der Waals surface area contributed by atoms with Gasteiger partial charge in [-0.25, -0.2) is 0 Å². The summed E-state index contributed by atoms with van der Waals surface area (Å²) in [7, 11) is 0. The van der Waals surface area contributed by atoms with Gasteiger partial charge in [0, 0.05) is 0 Å². The van der Waals surface area contributed by atoms with E-state index in [1.54, 1.807) is 16.7 Å². The Balaban J connectivity index is 0.000000262. The molecular weight excluding hydrogens is 498 g/mol. The van der Waals surface area contributed by atoms with Crippen LogP contribution in [0.5, 0.6) is 0 Å². The number of benzene rings is 2. The van der Waals surface area contributed by atoms with Crippen LogP contribution in [0.3, 0.4) is 0 Å². The summed E-state index contributed by atoms with van der Waals surface area (Å²) in [5.74, 6) is 0.722. The van der Waals surface area contributed by atoms with Gasteiger partial charge in [-0.15, -0.1) is 0 Å². The molecule has 3 heteroatoms. The standard InChI is InChI=1S/C12H10.C11H22N.C9H13.C2H7Si.Ti/c1-3-7-11(8-4-1)12-9-5-2-6-10-12;12-11-9-7-5-3-1-2-4-6-8-10-11;1-6-5-7(2)9(4)8(6)3;1-3-2;/h1-10H;11-12H,1-10H2;6H,1-4H3;3H,1-2H3;/q;-1;;;+1. The monoisotopic (exact) mass is 550 g/mol. The van der Waals surface area contributed by atoms with E-state index in [4.69, 9.17) is 0 Å². The van der Waals surface area contributed by atoms with E-state index in [0.717, 1.165) is 12.0 Å². The first-order valence-corrected chi connectivity index (χ1v) is 22.2. The molecule has 201 valence electrons. The van der Waals surface area contributed by atoms with Crippen molar-refractivity contribution in [1.29, 1.82) is 0 Å². The number of rotatable bonds is 5. The topological polar surface area (TPSA) is 12.0 Å². The number of allylic oxidation sites excluding steroid dienone is 4. The van der Waals surface area contributed by atoms with Crippen LogP contribution in [0.1, 0.15) is 91.9 Å². The Bertz CT molecular complexity index is 945. The van der Waals surface area contributed by atoms with Crippen LogP contribution >= 0.6 is 0 Å². The van der Waals surface area contributed by atoms with E-state index < -0.39 is 24.0 Å². The van der Waals surface area contributed by atoms with Gasteiger partial charge in [-0.1, -0.05) is 60.7 Å². The fourth-order valence-corrected chi connectivity index (χ4v) is 17.7. The molecule has 0 amide bonds. The molecule has 0 radical (unpaired) electrons. The fourth-order valence-electron chi connectivity index (χ4n) is 5.97. The molecule has 1 nitrogen and oxygen atoms in total. The van der Waals surface area contributed by atoms with E-state index in [0.29, 0.717) is 0 Å². The molecule has 2 aliphatic carbocycles. The first-order chi connectivity index (χ1) is 17.9. The first-order valence-electron chi connectivity index (χ1n) is 15.0. The molecule has 37 heavy (non-hydrogen) atoms. The minimum atomic E-state index is -1.30. The van der Waals surface area contributed by atoms with Crippen LogP contribution in [0, 0.1) is 5.92 Å². The van der Waals surface area contributed by atoms with Gasteiger partial charge < -0.3 is 0 Å². The van der Waals surface area contributed by atoms with Crippen molar-refractivity contribution in [3.8, 4) is 11.1 Å². The summed E-state index contributed by atoms with van der Waals surface area (Å²) in [5, 5.41) is 0. The molecule has 0 saturated heterocycles. The zero-order valence-electron chi connectivity index (χ0n) is 24.6. The average molecular weight is 551 g/mol. The predicted octanol–water partition coefficient (Wildman–Crippen LogP) is 9.99. The zero-order valence-corrected chi connectivity index (χ0v) is 27.3.